The number of rotatable bonds is 8. The van der Waals surface area contributed by atoms with Crippen molar-refractivity contribution in [3.63, 3.8) is 0 Å². The maximum Gasteiger partial charge on any atom is 0.339 e. The Morgan fingerprint density at radius 2 is 1.44 bits per heavy atom. The number of ketones is 1. The number of benzene rings is 3. The van der Waals surface area contributed by atoms with Gasteiger partial charge in [-0.1, -0.05) is 53.1 Å². The largest absolute Gasteiger partial charge is 0.379 e. The van der Waals surface area contributed by atoms with Crippen LogP contribution in [0.25, 0.3) is 0 Å². The van der Waals surface area contributed by atoms with Crippen LogP contribution in [0.5, 0.6) is 5.75 Å². The minimum Gasteiger partial charge on any atom is -0.379 e. The molecule has 3 aromatic rings. The van der Waals surface area contributed by atoms with Crippen LogP contribution in [0.2, 0.25) is 10.0 Å². The second-order valence-electron chi connectivity index (χ2n) is 10.8. The average molecular weight is 640 g/mol. The van der Waals surface area contributed by atoms with Crippen LogP contribution in [0.3, 0.4) is 0 Å². The molecule has 220 valence electrons. The molecule has 0 aromatic heterocycles. The average Bonchev–Trinajstić information content (AvgIpc) is 3.67. The SMILES string of the molecule is Cc1ccc(S(=O)(=O)Oc2ccc(C(=O)CN(C(=O)c3ccc(Cl)c(Cl)c3)N3C(=O)[C@H]4[C@H](C3=O)[C@H]3C=C[C@H]4C3)cc2)cc1. The van der Waals surface area contributed by atoms with Crippen LogP contribution in [-0.2, 0) is 19.7 Å². The zero-order valence-electron chi connectivity index (χ0n) is 22.6. The number of hydrogen-bond acceptors (Lipinski definition) is 7. The van der Waals surface area contributed by atoms with E-state index in [4.69, 9.17) is 27.4 Å². The van der Waals surface area contributed by atoms with Crippen molar-refractivity contribution in [3.05, 3.63) is 106 Å². The number of carbonyl (C=O) groups is 4. The topological polar surface area (TPSA) is 118 Å². The molecule has 0 unspecified atom stereocenters. The quantitative estimate of drug-likeness (QED) is 0.145. The minimum atomic E-state index is -4.11. The number of nitrogens with zero attached hydrogens (tertiary/aromatic N) is 2. The number of halogens is 2. The number of Topliss-reactive ketones (excluding diaryl/α,β-unsaturated/α-hetero) is 1. The van der Waals surface area contributed by atoms with Crippen molar-refractivity contribution in [3.8, 4) is 5.75 Å². The molecule has 0 spiro atoms. The Morgan fingerprint density at radius 1 is 0.860 bits per heavy atom. The lowest BCUT2D eigenvalue weighted by Crippen LogP contribution is -2.52. The predicted molar refractivity (Wildman–Crippen MR) is 157 cm³/mol. The molecule has 1 aliphatic heterocycles. The van der Waals surface area contributed by atoms with Gasteiger partial charge in [-0.05, 0) is 79.8 Å². The molecule has 2 fully saturated rings. The highest BCUT2D eigenvalue weighted by atomic mass is 35.5. The molecule has 9 nitrogen and oxygen atoms in total. The van der Waals surface area contributed by atoms with Crippen molar-refractivity contribution in [2.45, 2.75) is 18.2 Å². The Hall–Kier alpha value is -3.99. The van der Waals surface area contributed by atoms with E-state index < -0.39 is 52.0 Å². The summed E-state index contributed by atoms with van der Waals surface area (Å²) in [6.45, 7) is 1.19. The van der Waals surface area contributed by atoms with Gasteiger partial charge in [-0.2, -0.15) is 13.4 Å². The zero-order chi connectivity index (χ0) is 30.6. The van der Waals surface area contributed by atoms with Gasteiger partial charge in [0, 0.05) is 11.1 Å². The molecular formula is C31H24Cl2N2O7S. The van der Waals surface area contributed by atoms with Gasteiger partial charge in [-0.3, -0.25) is 19.2 Å². The van der Waals surface area contributed by atoms with Crippen LogP contribution in [0.4, 0.5) is 0 Å². The summed E-state index contributed by atoms with van der Waals surface area (Å²) in [5.41, 5.74) is 1.03. The maximum atomic E-state index is 13.7. The van der Waals surface area contributed by atoms with E-state index in [2.05, 4.69) is 0 Å². The van der Waals surface area contributed by atoms with E-state index in [1.54, 1.807) is 12.1 Å². The van der Waals surface area contributed by atoms with Gasteiger partial charge in [0.2, 0.25) is 0 Å². The van der Waals surface area contributed by atoms with Gasteiger partial charge in [0.1, 0.15) is 17.2 Å². The van der Waals surface area contributed by atoms with Gasteiger partial charge >= 0.3 is 10.1 Å². The lowest BCUT2D eigenvalue weighted by Gasteiger charge is -2.31. The van der Waals surface area contributed by atoms with Crippen molar-refractivity contribution in [2.24, 2.45) is 23.7 Å². The van der Waals surface area contributed by atoms with Gasteiger partial charge in [0.25, 0.3) is 17.7 Å². The molecule has 1 saturated carbocycles. The zero-order valence-corrected chi connectivity index (χ0v) is 25.0. The molecule has 6 rings (SSSR count). The molecule has 2 bridgehead atoms. The molecule has 2 aliphatic carbocycles. The number of allylic oxidation sites excluding steroid dienone is 2. The summed E-state index contributed by atoms with van der Waals surface area (Å²) in [4.78, 5) is 54.3. The van der Waals surface area contributed by atoms with E-state index in [9.17, 15) is 27.6 Å². The van der Waals surface area contributed by atoms with Crippen LogP contribution < -0.4 is 4.18 Å². The lowest BCUT2D eigenvalue weighted by molar-refractivity contribution is -0.154. The molecule has 4 atom stereocenters. The number of imide groups is 1. The molecule has 0 radical (unpaired) electrons. The summed E-state index contributed by atoms with van der Waals surface area (Å²) in [5.74, 6) is -3.84. The first-order valence-corrected chi connectivity index (χ1v) is 15.6. The Balaban J connectivity index is 1.26. The van der Waals surface area contributed by atoms with E-state index in [-0.39, 0.29) is 43.7 Å². The van der Waals surface area contributed by atoms with Gasteiger partial charge in [-0.25, -0.2) is 5.01 Å². The number of aryl methyl sites for hydroxylation is 1. The molecule has 1 heterocycles. The van der Waals surface area contributed by atoms with Crippen molar-refractivity contribution < 1.29 is 31.8 Å². The van der Waals surface area contributed by atoms with E-state index >= 15 is 0 Å². The Morgan fingerprint density at radius 3 is 2.02 bits per heavy atom. The first-order chi connectivity index (χ1) is 20.4. The number of hydrazine groups is 1. The van der Waals surface area contributed by atoms with Gasteiger partial charge in [0.05, 0.1) is 21.9 Å². The van der Waals surface area contributed by atoms with Crippen molar-refractivity contribution >= 4 is 56.8 Å². The summed E-state index contributed by atoms with van der Waals surface area (Å²) in [6, 6.07) is 15.6. The fourth-order valence-corrected chi connectivity index (χ4v) is 7.17. The molecule has 0 N–H and O–H groups in total. The molecule has 12 heteroatoms. The second kappa shape index (κ2) is 10.9. The highest BCUT2D eigenvalue weighted by molar-refractivity contribution is 7.87. The van der Waals surface area contributed by atoms with Crippen molar-refractivity contribution in [2.75, 3.05) is 6.54 Å². The maximum absolute atomic E-state index is 13.7. The minimum absolute atomic E-state index is 0.0249. The predicted octanol–water partition coefficient (Wildman–Crippen LogP) is 5.12. The standard InChI is InChI=1S/C31H24Cl2N2O7S/c1-17-2-11-23(12-3-17)43(40,41)42-22-9-6-18(7-10-22)26(36)16-34(29(37)21-8-13-24(32)25(33)15-21)35-30(38)27-19-4-5-20(14-19)28(27)31(35)39/h2-13,15,19-20,27-28H,14,16H2,1H3/t19-,20-,27+,28+/m0/s1. The Bertz CT molecular complexity index is 1780. The Labute approximate surface area is 257 Å². The first-order valence-electron chi connectivity index (χ1n) is 13.4. The van der Waals surface area contributed by atoms with Crippen LogP contribution in [0, 0.1) is 30.6 Å². The van der Waals surface area contributed by atoms with Crippen LogP contribution >= 0.6 is 23.2 Å². The van der Waals surface area contributed by atoms with E-state index in [0.29, 0.717) is 6.42 Å². The van der Waals surface area contributed by atoms with Crippen molar-refractivity contribution in [1.82, 2.24) is 10.0 Å². The summed E-state index contributed by atoms with van der Waals surface area (Å²) in [5, 5.41) is 1.96. The Kier molecular flexibility index (Phi) is 7.40. The summed E-state index contributed by atoms with van der Waals surface area (Å²) >= 11 is 12.1. The number of fused-ring (bicyclic) bond motifs is 5. The molecule has 3 aliphatic rings. The first kappa shape index (κ1) is 29.1. The molecule has 3 aromatic carbocycles. The highest BCUT2D eigenvalue weighted by Crippen LogP contribution is 2.52. The van der Waals surface area contributed by atoms with Crippen LogP contribution in [-0.4, -0.2) is 48.5 Å². The third-order valence-electron chi connectivity index (χ3n) is 8.07. The van der Waals surface area contributed by atoms with E-state index in [0.717, 1.165) is 15.6 Å². The molecule has 3 amide bonds. The van der Waals surface area contributed by atoms with E-state index in [1.807, 2.05) is 19.1 Å². The summed E-state index contributed by atoms with van der Waals surface area (Å²) in [6.07, 6.45) is 4.56. The van der Waals surface area contributed by atoms with Gasteiger partial charge in [-0.15, -0.1) is 0 Å². The molecule has 1 saturated heterocycles. The summed E-state index contributed by atoms with van der Waals surface area (Å²) < 4.78 is 30.5. The normalized spacial score (nSPS) is 22.2. The number of carbonyl (C=O) groups excluding carboxylic acids is 4. The number of amides is 3. The molecular weight excluding hydrogens is 615 g/mol. The highest BCUT2D eigenvalue weighted by Gasteiger charge is 2.61. The van der Waals surface area contributed by atoms with E-state index in [1.165, 1.54) is 54.6 Å². The summed E-state index contributed by atoms with van der Waals surface area (Å²) in [7, 11) is -4.11. The van der Waals surface area contributed by atoms with Gasteiger partial charge in [0.15, 0.2) is 5.78 Å². The third kappa shape index (κ3) is 5.24. The second-order valence-corrected chi connectivity index (χ2v) is 13.1. The lowest BCUT2D eigenvalue weighted by atomic mass is 9.85. The monoisotopic (exact) mass is 638 g/mol. The van der Waals surface area contributed by atoms with Crippen LogP contribution in [0.1, 0.15) is 32.7 Å². The smallest absolute Gasteiger partial charge is 0.339 e. The van der Waals surface area contributed by atoms with Crippen molar-refractivity contribution in [1.29, 1.82) is 0 Å². The third-order valence-corrected chi connectivity index (χ3v) is 10.1. The fourth-order valence-electron chi connectivity index (χ4n) is 5.94. The van der Waals surface area contributed by atoms with Crippen LogP contribution in [0.15, 0.2) is 83.8 Å². The molecule has 43 heavy (non-hydrogen) atoms. The van der Waals surface area contributed by atoms with Gasteiger partial charge < -0.3 is 4.18 Å². The fraction of sp³-hybridized carbons (Fsp3) is 0.226. The number of hydrogen-bond donors (Lipinski definition) is 0.